The monoisotopic (exact) mass is 862 g/mol. The summed E-state index contributed by atoms with van der Waals surface area (Å²) in [6.07, 6.45) is 17.5. The van der Waals surface area contributed by atoms with Crippen molar-refractivity contribution in [3.8, 4) is 33.4 Å². The molecule has 67 heavy (non-hydrogen) atoms. The van der Waals surface area contributed by atoms with Crippen LogP contribution in [0.2, 0.25) is 0 Å². The quantitative estimate of drug-likeness (QED) is 0.155. The van der Waals surface area contributed by atoms with Crippen LogP contribution in [0.3, 0.4) is 0 Å². The minimum atomic E-state index is -0.133. The lowest BCUT2D eigenvalue weighted by atomic mass is 9.48. The van der Waals surface area contributed by atoms with Crippen molar-refractivity contribution in [2.45, 2.75) is 107 Å². The van der Waals surface area contributed by atoms with Crippen LogP contribution in [0.15, 0.2) is 133 Å². The minimum Gasteiger partial charge on any atom is -0.0537 e. The van der Waals surface area contributed by atoms with Gasteiger partial charge in [-0.15, -0.1) is 0 Å². The van der Waals surface area contributed by atoms with Crippen molar-refractivity contribution in [2.24, 2.45) is 35.5 Å². The van der Waals surface area contributed by atoms with E-state index in [-0.39, 0.29) is 5.41 Å². The highest BCUT2D eigenvalue weighted by atomic mass is 14.6. The lowest BCUT2D eigenvalue weighted by Crippen LogP contribution is -2.48. The molecule has 0 N–H and O–H groups in total. The molecule has 326 valence electrons. The van der Waals surface area contributed by atoms with E-state index in [1.807, 2.05) is 0 Å². The Morgan fingerprint density at radius 2 is 0.627 bits per heavy atom. The Morgan fingerprint density at radius 3 is 1.00 bits per heavy atom. The number of hydrogen-bond donors (Lipinski definition) is 0. The number of benzene rings is 10. The fourth-order valence-corrected chi connectivity index (χ4v) is 18.8. The standard InChI is InChI=1S/C67H58/c1-65(2)59-29-45(53-13-7-43-3-5-47-25-51(27-49-11-17-57(53)63(43)61(47)49)66-31-37-19-38(32-66)21-39(20-37)33-66)9-15-55(59)56-16-10-46(30-60(56)65)54-14-8-44-4-6-48-26-52(28-50-12-18-58(54)64(44)62(48)50)67-34-40-22-41(35-67)24-42(23-40)36-67/h3-18,25-30,37-42H,19-24,31-36H2,1-2H3. The van der Waals surface area contributed by atoms with Gasteiger partial charge in [-0.25, -0.2) is 0 Å². The molecule has 0 aliphatic heterocycles. The van der Waals surface area contributed by atoms with Gasteiger partial charge < -0.3 is 0 Å². The van der Waals surface area contributed by atoms with E-state index in [0.717, 1.165) is 35.5 Å². The predicted octanol–water partition coefficient (Wildman–Crippen LogP) is 18.1. The highest BCUT2D eigenvalue weighted by molar-refractivity contribution is 6.27. The maximum atomic E-state index is 2.63. The second-order valence-electron chi connectivity index (χ2n) is 24.9. The van der Waals surface area contributed by atoms with Crippen LogP contribution in [-0.4, -0.2) is 0 Å². The van der Waals surface area contributed by atoms with Crippen LogP contribution in [0.1, 0.15) is 113 Å². The Labute approximate surface area is 394 Å². The van der Waals surface area contributed by atoms with Gasteiger partial charge in [-0.3, -0.25) is 0 Å². The van der Waals surface area contributed by atoms with Gasteiger partial charge in [0.1, 0.15) is 0 Å². The lowest BCUT2D eigenvalue weighted by molar-refractivity contribution is -0.00520. The molecule has 0 saturated heterocycles. The molecule has 10 aromatic carbocycles. The van der Waals surface area contributed by atoms with Gasteiger partial charge in [0.2, 0.25) is 0 Å². The van der Waals surface area contributed by atoms with Crippen LogP contribution in [0.25, 0.3) is 98.0 Å². The van der Waals surface area contributed by atoms with Gasteiger partial charge >= 0.3 is 0 Å². The number of fused-ring (bicyclic) bond motifs is 3. The zero-order chi connectivity index (χ0) is 43.7. The highest BCUT2D eigenvalue weighted by Crippen LogP contribution is 2.63. The minimum absolute atomic E-state index is 0.133. The van der Waals surface area contributed by atoms with E-state index >= 15 is 0 Å². The summed E-state index contributed by atoms with van der Waals surface area (Å²) in [4.78, 5) is 0. The lowest BCUT2D eigenvalue weighted by Gasteiger charge is -2.57. The van der Waals surface area contributed by atoms with Crippen LogP contribution in [-0.2, 0) is 16.2 Å². The van der Waals surface area contributed by atoms with E-state index in [0.29, 0.717) is 10.8 Å². The molecule has 0 heterocycles. The molecule has 8 saturated carbocycles. The molecule has 8 bridgehead atoms. The molecular formula is C67H58. The molecule has 0 aromatic heterocycles. The Hall–Kier alpha value is -5.72. The molecule has 9 aliphatic rings. The van der Waals surface area contributed by atoms with Crippen LogP contribution >= 0.6 is 0 Å². The molecule has 0 heteroatoms. The summed E-state index contributed by atoms with van der Waals surface area (Å²) in [5.74, 6) is 5.72. The van der Waals surface area contributed by atoms with Gasteiger partial charge in [-0.1, -0.05) is 135 Å². The second kappa shape index (κ2) is 12.5. The molecule has 0 amide bonds. The summed E-state index contributed by atoms with van der Waals surface area (Å²) in [5.41, 5.74) is 14.9. The molecule has 10 aromatic rings. The predicted molar refractivity (Wildman–Crippen MR) is 282 cm³/mol. The zero-order valence-electron chi connectivity index (χ0n) is 39.2. The Morgan fingerprint density at radius 1 is 0.313 bits per heavy atom. The molecule has 9 aliphatic carbocycles. The maximum absolute atomic E-state index is 2.63. The Bertz CT molecular complexity index is 3440. The van der Waals surface area contributed by atoms with Crippen LogP contribution in [0, 0.1) is 35.5 Å². The summed E-state index contributed by atoms with van der Waals surface area (Å²) >= 11 is 0. The maximum Gasteiger partial charge on any atom is 0.0159 e. The first-order valence-corrected chi connectivity index (χ1v) is 26.5. The Kier molecular flexibility index (Phi) is 6.95. The van der Waals surface area contributed by atoms with Gasteiger partial charge in [-0.05, 0) is 256 Å². The van der Waals surface area contributed by atoms with E-state index in [2.05, 4.69) is 147 Å². The average Bonchev–Trinajstić information content (AvgIpc) is 3.55. The van der Waals surface area contributed by atoms with Gasteiger partial charge in [-0.2, -0.15) is 0 Å². The third-order valence-corrected chi connectivity index (χ3v) is 20.8. The topological polar surface area (TPSA) is 0 Å². The first-order valence-electron chi connectivity index (χ1n) is 26.5. The van der Waals surface area contributed by atoms with E-state index < -0.39 is 0 Å². The van der Waals surface area contributed by atoms with Crippen molar-refractivity contribution in [3.63, 3.8) is 0 Å². The third kappa shape index (κ3) is 4.91. The first kappa shape index (κ1) is 37.3. The average molecular weight is 863 g/mol. The van der Waals surface area contributed by atoms with Crippen LogP contribution < -0.4 is 0 Å². The summed E-state index contributed by atoms with van der Waals surface area (Å²) < 4.78 is 0. The van der Waals surface area contributed by atoms with Crippen molar-refractivity contribution >= 4 is 64.6 Å². The van der Waals surface area contributed by atoms with Gasteiger partial charge in [0.05, 0.1) is 0 Å². The molecule has 0 radical (unpaired) electrons. The van der Waals surface area contributed by atoms with Crippen molar-refractivity contribution in [1.82, 2.24) is 0 Å². The van der Waals surface area contributed by atoms with Crippen molar-refractivity contribution in [3.05, 3.63) is 156 Å². The summed E-state index contributed by atoms with van der Waals surface area (Å²) in [5, 5.41) is 17.0. The highest BCUT2D eigenvalue weighted by Gasteiger charge is 2.53. The molecule has 0 atom stereocenters. The fourth-order valence-electron chi connectivity index (χ4n) is 18.8. The SMILES string of the molecule is CC1(C)c2cc(-c3ccc4ccc5cc(C67CC8CC(CC(C8)C6)C7)cc6ccc3c4c56)ccc2-c2ccc(-c3ccc4ccc5cc(C67CC8CC(CC(C8)C6)C7)cc6ccc3c4c56)cc21. The number of hydrogen-bond acceptors (Lipinski definition) is 0. The van der Waals surface area contributed by atoms with Crippen molar-refractivity contribution < 1.29 is 0 Å². The van der Waals surface area contributed by atoms with Crippen LogP contribution in [0.4, 0.5) is 0 Å². The number of rotatable bonds is 4. The van der Waals surface area contributed by atoms with Gasteiger partial charge in [0.15, 0.2) is 0 Å². The molecule has 0 spiro atoms. The molecule has 19 rings (SSSR count). The second-order valence-corrected chi connectivity index (χ2v) is 24.9. The fraction of sp³-hybridized carbons (Fsp3) is 0.343. The van der Waals surface area contributed by atoms with E-state index in [1.54, 1.807) is 11.1 Å². The van der Waals surface area contributed by atoms with Gasteiger partial charge in [0.25, 0.3) is 0 Å². The summed E-state index contributed by atoms with van der Waals surface area (Å²) in [7, 11) is 0. The molecular weight excluding hydrogens is 805 g/mol. The zero-order valence-corrected chi connectivity index (χ0v) is 39.2. The molecule has 0 unspecified atom stereocenters. The van der Waals surface area contributed by atoms with Crippen molar-refractivity contribution in [2.75, 3.05) is 0 Å². The first-order chi connectivity index (χ1) is 32.7. The molecule has 0 nitrogen and oxygen atoms in total. The third-order valence-electron chi connectivity index (χ3n) is 20.8. The largest absolute Gasteiger partial charge is 0.0537 e. The van der Waals surface area contributed by atoms with Crippen molar-refractivity contribution in [1.29, 1.82) is 0 Å². The summed E-state index contributed by atoms with van der Waals surface area (Å²) in [6, 6.07) is 54.4. The van der Waals surface area contributed by atoms with Gasteiger partial charge in [0, 0.05) is 5.41 Å². The smallest absolute Gasteiger partial charge is 0.0159 e. The normalized spacial score (nSPS) is 29.8. The van der Waals surface area contributed by atoms with E-state index in [4.69, 9.17) is 0 Å². The molecule has 8 fully saturated rings. The van der Waals surface area contributed by atoms with E-state index in [9.17, 15) is 0 Å². The summed E-state index contributed by atoms with van der Waals surface area (Å²) in [6.45, 7) is 4.92. The van der Waals surface area contributed by atoms with E-state index in [1.165, 1.54) is 186 Å². The Balaban J connectivity index is 0.743. The van der Waals surface area contributed by atoms with Crippen LogP contribution in [0.5, 0.6) is 0 Å².